The Morgan fingerprint density at radius 1 is 0.312 bits per heavy atom. The molecule has 0 saturated heterocycles. The van der Waals surface area contributed by atoms with Gasteiger partial charge in [0, 0.05) is 0 Å². The predicted octanol–water partition coefficient (Wildman–Crippen LogP) is 18.3. The monoisotopic (exact) mass is 685 g/mol. The number of hydrogen-bond acceptors (Lipinski definition) is 0. The van der Waals surface area contributed by atoms with Crippen LogP contribution in [-0.4, -0.2) is 0 Å². The molecule has 48 heavy (non-hydrogen) atoms. The van der Waals surface area contributed by atoms with Gasteiger partial charge < -0.3 is 0 Å². The Hall–Kier alpha value is 0. The Morgan fingerprint density at radius 3 is 0.583 bits per heavy atom. The minimum absolute atomic E-state index is 0.852. The smallest absolute Gasteiger partial charge is 0.0412 e. The van der Waals surface area contributed by atoms with Gasteiger partial charge >= 0.3 is 0 Å². The van der Waals surface area contributed by atoms with Crippen molar-refractivity contribution in [2.75, 3.05) is 0 Å². The topological polar surface area (TPSA) is 0 Å². The lowest BCUT2D eigenvalue weighted by molar-refractivity contribution is 0.457. The SMILES string of the molecule is CC(C)C(C)C.CC(C)CC(C)C.CC(C)CC(C)C.CC(C)CC(C)C.CC(C)CC1CC1.CC(C)CCC(C)C.CCCC(C)C. The van der Waals surface area contributed by atoms with E-state index in [4.69, 9.17) is 0 Å². The highest BCUT2D eigenvalue weighted by Gasteiger charge is 2.21. The highest BCUT2D eigenvalue weighted by molar-refractivity contribution is 4.73. The van der Waals surface area contributed by atoms with Crippen molar-refractivity contribution in [1.29, 1.82) is 0 Å². The van der Waals surface area contributed by atoms with Gasteiger partial charge in [0.2, 0.25) is 0 Å². The zero-order valence-corrected chi connectivity index (χ0v) is 39.6. The van der Waals surface area contributed by atoms with E-state index in [1.54, 1.807) is 0 Å². The zero-order valence-electron chi connectivity index (χ0n) is 39.6. The minimum atomic E-state index is 0.852. The molecule has 1 rings (SSSR count). The summed E-state index contributed by atoms with van der Waals surface area (Å²) in [4.78, 5) is 0. The maximum absolute atomic E-state index is 2.30. The van der Waals surface area contributed by atoms with Crippen LogP contribution in [0.3, 0.4) is 0 Å². The molecule has 300 valence electrons. The van der Waals surface area contributed by atoms with Gasteiger partial charge in [-0.25, -0.2) is 0 Å². The van der Waals surface area contributed by atoms with Crippen molar-refractivity contribution in [2.45, 2.75) is 237 Å². The van der Waals surface area contributed by atoms with E-state index < -0.39 is 0 Å². The molecule has 0 aromatic heterocycles. The summed E-state index contributed by atoms with van der Waals surface area (Å²) < 4.78 is 0. The van der Waals surface area contributed by atoms with Crippen LogP contribution in [0.25, 0.3) is 0 Å². The lowest BCUT2D eigenvalue weighted by Gasteiger charge is -2.05. The third-order valence-corrected chi connectivity index (χ3v) is 7.85. The molecule has 0 atom stereocenters. The Morgan fingerprint density at radius 2 is 0.542 bits per heavy atom. The fraction of sp³-hybridized carbons (Fsp3) is 1.00. The Labute approximate surface area is 313 Å². The second kappa shape index (κ2) is 41.4. The molecule has 0 N–H and O–H groups in total. The second-order valence-electron chi connectivity index (χ2n) is 20.2. The first-order chi connectivity index (χ1) is 21.7. The molecule has 0 radical (unpaired) electrons. The van der Waals surface area contributed by atoms with Crippen LogP contribution in [0.15, 0.2) is 0 Å². The summed E-state index contributed by atoms with van der Waals surface area (Å²) in [6.07, 6.45) is 14.1. The van der Waals surface area contributed by atoms with E-state index in [9.17, 15) is 0 Å². The lowest BCUT2D eigenvalue weighted by atomic mass is 10.0. The van der Waals surface area contributed by atoms with E-state index in [-0.39, 0.29) is 0 Å². The first-order valence-electron chi connectivity index (χ1n) is 21.7. The number of hydrogen-bond donors (Lipinski definition) is 0. The van der Waals surface area contributed by atoms with Crippen molar-refractivity contribution in [2.24, 2.45) is 76.9 Å². The maximum atomic E-state index is 2.30. The van der Waals surface area contributed by atoms with Crippen molar-refractivity contribution in [3.8, 4) is 0 Å². The van der Waals surface area contributed by atoms with Crippen molar-refractivity contribution in [3.63, 3.8) is 0 Å². The van der Waals surface area contributed by atoms with Gasteiger partial charge in [0.25, 0.3) is 0 Å². The molecule has 1 fully saturated rings. The molecule has 0 aromatic rings. The molecule has 0 amide bonds. The first-order valence-corrected chi connectivity index (χ1v) is 21.7. The van der Waals surface area contributed by atoms with Gasteiger partial charge in [-0.2, -0.15) is 0 Å². The fourth-order valence-corrected chi connectivity index (χ4v) is 5.09. The fourth-order valence-electron chi connectivity index (χ4n) is 5.09. The van der Waals surface area contributed by atoms with Crippen LogP contribution in [0.1, 0.15) is 237 Å². The molecule has 0 heteroatoms. The molecule has 0 unspecified atom stereocenters. The summed E-state index contributed by atoms with van der Waals surface area (Å²) in [6, 6.07) is 0. The van der Waals surface area contributed by atoms with Gasteiger partial charge in [0.15, 0.2) is 0 Å². The molecule has 0 nitrogen and oxygen atoms in total. The first kappa shape index (κ1) is 60.1. The van der Waals surface area contributed by atoms with Crippen LogP contribution < -0.4 is 0 Å². The third-order valence-electron chi connectivity index (χ3n) is 7.85. The molecule has 0 heterocycles. The minimum Gasteiger partial charge on any atom is -0.0654 e. The van der Waals surface area contributed by atoms with Crippen LogP contribution >= 0.6 is 0 Å². The largest absolute Gasteiger partial charge is 0.0654 e. The van der Waals surface area contributed by atoms with Crippen molar-refractivity contribution < 1.29 is 0 Å². The van der Waals surface area contributed by atoms with E-state index in [0.717, 1.165) is 76.9 Å². The highest BCUT2D eigenvalue weighted by Crippen LogP contribution is 2.34. The van der Waals surface area contributed by atoms with Gasteiger partial charge in [-0.3, -0.25) is 0 Å². The van der Waals surface area contributed by atoms with Gasteiger partial charge in [-0.05, 0) is 103 Å². The summed E-state index contributed by atoms with van der Waals surface area (Å²) in [5.41, 5.74) is 0. The Kier molecular flexibility index (Phi) is 51.9. The van der Waals surface area contributed by atoms with Gasteiger partial charge in [0.1, 0.15) is 0 Å². The molecule has 1 saturated carbocycles. The zero-order chi connectivity index (χ0) is 39.6. The van der Waals surface area contributed by atoms with Gasteiger partial charge in [0.05, 0.1) is 0 Å². The summed E-state index contributed by atoms with van der Waals surface area (Å²) in [7, 11) is 0. The number of rotatable bonds is 14. The van der Waals surface area contributed by atoms with Crippen molar-refractivity contribution >= 4 is 0 Å². The molecular formula is C48H108. The van der Waals surface area contributed by atoms with Crippen LogP contribution in [0.5, 0.6) is 0 Å². The summed E-state index contributed by atoms with van der Waals surface area (Å²) >= 11 is 0. The molecule has 1 aliphatic carbocycles. The van der Waals surface area contributed by atoms with Gasteiger partial charge in [-0.1, -0.05) is 212 Å². The van der Waals surface area contributed by atoms with E-state index in [1.165, 1.54) is 64.2 Å². The Balaban J connectivity index is -0.000000107. The van der Waals surface area contributed by atoms with E-state index >= 15 is 0 Å². The second-order valence-corrected chi connectivity index (χ2v) is 20.2. The van der Waals surface area contributed by atoms with Gasteiger partial charge in [-0.15, -0.1) is 0 Å². The lowest BCUT2D eigenvalue weighted by Crippen LogP contribution is -1.95. The molecule has 0 aliphatic heterocycles. The van der Waals surface area contributed by atoms with E-state index in [1.807, 2.05) is 0 Å². The van der Waals surface area contributed by atoms with Crippen LogP contribution in [0.2, 0.25) is 0 Å². The van der Waals surface area contributed by atoms with E-state index in [0.29, 0.717) is 0 Å². The summed E-state index contributed by atoms with van der Waals surface area (Å²) in [5.74, 6) is 11.7. The van der Waals surface area contributed by atoms with E-state index in [2.05, 4.69) is 173 Å². The Bertz CT molecular complexity index is 441. The average molecular weight is 685 g/mol. The van der Waals surface area contributed by atoms with Crippen LogP contribution in [0, 0.1) is 76.9 Å². The normalized spacial score (nSPS) is 12.4. The predicted molar refractivity (Wildman–Crippen MR) is 233 cm³/mol. The summed E-state index contributed by atoms with van der Waals surface area (Å²) in [6.45, 7) is 56.6. The summed E-state index contributed by atoms with van der Waals surface area (Å²) in [5, 5.41) is 0. The molecule has 0 spiro atoms. The maximum Gasteiger partial charge on any atom is -0.0412 e. The van der Waals surface area contributed by atoms with Crippen molar-refractivity contribution in [3.05, 3.63) is 0 Å². The van der Waals surface area contributed by atoms with Crippen molar-refractivity contribution in [1.82, 2.24) is 0 Å². The molecule has 0 bridgehead atoms. The average Bonchev–Trinajstić information content (AvgIpc) is 3.66. The molecular weight excluding hydrogens is 577 g/mol. The standard InChI is InChI=1S/C8H18.C7H14.3C7H16.2C6H14/c1-7(2)5-6-8(3)4;1-6(2)5-7-3-4-7;3*1-6(2)5-7(3)4;1-5(2)6(3)4;1-4-5-6(2)3/h7-8H,5-6H2,1-4H3;6-7H,3-5H2,1-2H3;3*6-7H,5H2,1-4H3;5-6H,1-4H3;6H,4-5H2,1-3H3. The van der Waals surface area contributed by atoms with Crippen LogP contribution in [0.4, 0.5) is 0 Å². The van der Waals surface area contributed by atoms with Crippen LogP contribution in [-0.2, 0) is 0 Å². The third kappa shape index (κ3) is 96.9. The highest BCUT2D eigenvalue weighted by atomic mass is 14.3. The molecule has 0 aromatic carbocycles. The molecule has 1 aliphatic rings. The quantitative estimate of drug-likeness (QED) is 0.171.